The minimum absolute atomic E-state index is 0.146. The molecule has 1 atom stereocenters. The summed E-state index contributed by atoms with van der Waals surface area (Å²) >= 11 is 10.2. The maximum Gasteiger partial charge on any atom is 0.250 e. The van der Waals surface area contributed by atoms with Crippen molar-refractivity contribution in [3.63, 3.8) is 0 Å². The minimum Gasteiger partial charge on any atom is -0.351 e. The summed E-state index contributed by atoms with van der Waals surface area (Å²) in [6.45, 7) is 0.271. The third kappa shape index (κ3) is 6.38. The first-order chi connectivity index (χ1) is 13.8. The molecule has 152 valence electrons. The summed E-state index contributed by atoms with van der Waals surface area (Å²) in [5.74, 6) is -0.400. The summed E-state index contributed by atoms with van der Waals surface area (Å²) in [7, 11) is -3.83. The second kappa shape index (κ2) is 9.86. The Bertz CT molecular complexity index is 1070. The van der Waals surface area contributed by atoms with E-state index in [1.807, 2.05) is 42.5 Å². The Morgan fingerprint density at radius 2 is 1.69 bits per heavy atom. The number of thiophene rings is 1. The van der Waals surface area contributed by atoms with Gasteiger partial charge in [-0.2, -0.15) is 4.72 Å². The number of sulfonamides is 1. The van der Waals surface area contributed by atoms with Crippen molar-refractivity contribution in [2.45, 2.75) is 23.2 Å². The highest BCUT2D eigenvalue weighted by molar-refractivity contribution is 9.11. The lowest BCUT2D eigenvalue weighted by Crippen LogP contribution is -2.47. The van der Waals surface area contributed by atoms with E-state index in [1.54, 1.807) is 18.2 Å². The average Bonchev–Trinajstić information content (AvgIpc) is 3.15. The van der Waals surface area contributed by atoms with Gasteiger partial charge >= 0.3 is 0 Å². The second-order valence-corrected chi connectivity index (χ2v) is 11.1. The first kappa shape index (κ1) is 22.0. The number of hydrogen-bond acceptors (Lipinski definition) is 4. The molecule has 1 aromatic heterocycles. The number of amides is 1. The van der Waals surface area contributed by atoms with E-state index in [9.17, 15) is 13.2 Å². The van der Waals surface area contributed by atoms with Crippen LogP contribution >= 0.6 is 38.9 Å². The van der Waals surface area contributed by atoms with Gasteiger partial charge < -0.3 is 5.32 Å². The van der Waals surface area contributed by atoms with Crippen molar-refractivity contribution in [1.29, 1.82) is 0 Å². The Hall–Kier alpha value is -1.71. The molecule has 1 amide bonds. The van der Waals surface area contributed by atoms with Crippen LogP contribution in [0.1, 0.15) is 11.1 Å². The van der Waals surface area contributed by atoms with Crippen LogP contribution in [0.2, 0.25) is 5.02 Å². The topological polar surface area (TPSA) is 75.3 Å². The van der Waals surface area contributed by atoms with Crippen molar-refractivity contribution in [3.8, 4) is 0 Å². The zero-order chi connectivity index (χ0) is 20.9. The Morgan fingerprint density at radius 1 is 1.00 bits per heavy atom. The van der Waals surface area contributed by atoms with Crippen molar-refractivity contribution in [2.75, 3.05) is 0 Å². The van der Waals surface area contributed by atoms with E-state index in [0.717, 1.165) is 22.5 Å². The third-order valence-corrected chi connectivity index (χ3v) is 7.93. The molecule has 0 bridgehead atoms. The van der Waals surface area contributed by atoms with Crippen molar-refractivity contribution in [1.82, 2.24) is 10.0 Å². The van der Waals surface area contributed by atoms with Gasteiger partial charge in [0.05, 0.1) is 3.79 Å². The predicted octanol–water partition coefficient (Wildman–Crippen LogP) is 4.37. The summed E-state index contributed by atoms with van der Waals surface area (Å²) in [6, 6.07) is 18.6. The molecule has 2 aromatic carbocycles. The summed E-state index contributed by atoms with van der Waals surface area (Å²) < 4.78 is 28.9. The van der Waals surface area contributed by atoms with E-state index in [2.05, 4.69) is 26.0 Å². The van der Waals surface area contributed by atoms with Gasteiger partial charge in [0.15, 0.2) is 0 Å². The molecule has 0 radical (unpaired) electrons. The van der Waals surface area contributed by atoms with Gasteiger partial charge in [0, 0.05) is 11.6 Å². The quantitative estimate of drug-likeness (QED) is 0.470. The molecule has 1 heterocycles. The number of nitrogens with one attached hydrogen (secondary N) is 2. The lowest BCUT2D eigenvalue weighted by Gasteiger charge is -2.18. The van der Waals surface area contributed by atoms with Gasteiger partial charge in [0.2, 0.25) is 5.91 Å². The fraction of sp³-hybridized carbons (Fsp3) is 0.150. The van der Waals surface area contributed by atoms with Crippen molar-refractivity contribution < 1.29 is 13.2 Å². The molecule has 29 heavy (non-hydrogen) atoms. The predicted molar refractivity (Wildman–Crippen MR) is 120 cm³/mol. The van der Waals surface area contributed by atoms with Crippen LogP contribution < -0.4 is 10.0 Å². The average molecular weight is 514 g/mol. The molecule has 0 saturated carbocycles. The van der Waals surface area contributed by atoms with E-state index >= 15 is 0 Å². The minimum atomic E-state index is -3.83. The Morgan fingerprint density at radius 3 is 2.31 bits per heavy atom. The number of hydrogen-bond donors (Lipinski definition) is 2. The van der Waals surface area contributed by atoms with Gasteiger partial charge in [-0.15, -0.1) is 11.3 Å². The van der Waals surface area contributed by atoms with Crippen LogP contribution in [0.5, 0.6) is 0 Å². The van der Waals surface area contributed by atoms with Crippen LogP contribution in [0.15, 0.2) is 74.7 Å². The van der Waals surface area contributed by atoms with E-state index in [-0.39, 0.29) is 17.2 Å². The fourth-order valence-electron chi connectivity index (χ4n) is 2.64. The number of benzene rings is 2. The number of carbonyl (C=O) groups excluding carboxylic acids is 1. The van der Waals surface area contributed by atoms with E-state index in [1.165, 1.54) is 6.07 Å². The first-order valence-corrected chi connectivity index (χ1v) is 12.1. The Kier molecular flexibility index (Phi) is 7.48. The SMILES string of the molecule is O=C(NCc1ccc(Cl)cc1)C(Cc1ccccc1)NS(=O)(=O)c1ccc(Br)s1. The fourth-order valence-corrected chi connectivity index (χ4v) is 5.99. The summed E-state index contributed by atoms with van der Waals surface area (Å²) in [5.41, 5.74) is 1.72. The number of carbonyl (C=O) groups is 1. The molecule has 0 aliphatic carbocycles. The smallest absolute Gasteiger partial charge is 0.250 e. The monoisotopic (exact) mass is 512 g/mol. The molecule has 0 aliphatic rings. The van der Waals surface area contributed by atoms with Gasteiger partial charge in [-0.3, -0.25) is 4.79 Å². The highest BCUT2D eigenvalue weighted by Gasteiger charge is 2.27. The van der Waals surface area contributed by atoms with Crippen molar-refractivity contribution in [3.05, 3.63) is 86.7 Å². The van der Waals surface area contributed by atoms with Gasteiger partial charge in [0.1, 0.15) is 10.3 Å². The lowest BCUT2D eigenvalue weighted by molar-refractivity contribution is -0.122. The molecule has 9 heteroatoms. The molecular weight excluding hydrogens is 496 g/mol. The van der Waals surface area contributed by atoms with E-state index in [4.69, 9.17) is 11.6 Å². The Balaban J connectivity index is 1.76. The lowest BCUT2D eigenvalue weighted by atomic mass is 10.1. The molecular formula is C20H18BrClN2O3S2. The molecule has 0 fully saturated rings. The number of rotatable bonds is 8. The van der Waals surface area contributed by atoms with Crippen LogP contribution in [-0.2, 0) is 27.8 Å². The summed E-state index contributed by atoms with van der Waals surface area (Å²) in [4.78, 5) is 12.8. The second-order valence-electron chi connectivity index (χ2n) is 6.27. The highest BCUT2D eigenvalue weighted by Crippen LogP contribution is 2.26. The molecule has 1 unspecified atom stereocenters. The Labute approximate surface area is 187 Å². The van der Waals surface area contributed by atoms with Crippen LogP contribution in [0.3, 0.4) is 0 Å². The molecule has 2 N–H and O–H groups in total. The largest absolute Gasteiger partial charge is 0.351 e. The normalized spacial score (nSPS) is 12.5. The zero-order valence-corrected chi connectivity index (χ0v) is 19.1. The summed E-state index contributed by atoms with van der Waals surface area (Å²) in [5, 5.41) is 3.41. The molecule has 0 aliphatic heterocycles. The molecule has 5 nitrogen and oxygen atoms in total. The standard InChI is InChI=1S/C20H18BrClN2O3S2/c21-18-10-11-19(28-18)29(26,27)24-17(12-14-4-2-1-3-5-14)20(25)23-13-15-6-8-16(22)9-7-15/h1-11,17,24H,12-13H2,(H,23,25). The third-order valence-electron chi connectivity index (χ3n) is 4.09. The van der Waals surface area contributed by atoms with E-state index in [0.29, 0.717) is 8.81 Å². The first-order valence-electron chi connectivity index (χ1n) is 8.67. The van der Waals surface area contributed by atoms with Gasteiger partial charge in [-0.25, -0.2) is 8.42 Å². The molecule has 0 spiro atoms. The molecule has 3 aromatic rings. The maximum atomic E-state index is 12.8. The highest BCUT2D eigenvalue weighted by atomic mass is 79.9. The number of halogens is 2. The van der Waals surface area contributed by atoms with E-state index < -0.39 is 22.0 Å². The van der Waals surface area contributed by atoms with Crippen molar-refractivity contribution >= 4 is 54.8 Å². The van der Waals surface area contributed by atoms with Crippen LogP contribution in [0.25, 0.3) is 0 Å². The van der Waals surface area contributed by atoms with Crippen LogP contribution in [0.4, 0.5) is 0 Å². The molecule has 3 rings (SSSR count). The van der Waals surface area contributed by atoms with Gasteiger partial charge in [-0.1, -0.05) is 54.1 Å². The van der Waals surface area contributed by atoms with Crippen molar-refractivity contribution in [2.24, 2.45) is 0 Å². The van der Waals surface area contributed by atoms with Crippen LogP contribution in [-0.4, -0.2) is 20.4 Å². The van der Waals surface area contributed by atoms with Gasteiger partial charge in [-0.05, 0) is 57.7 Å². The maximum absolute atomic E-state index is 12.8. The molecule has 0 saturated heterocycles. The summed E-state index contributed by atoms with van der Waals surface area (Å²) in [6.07, 6.45) is 0.235. The van der Waals surface area contributed by atoms with Crippen LogP contribution in [0, 0.1) is 0 Å². The zero-order valence-electron chi connectivity index (χ0n) is 15.1. The van der Waals surface area contributed by atoms with Gasteiger partial charge in [0.25, 0.3) is 10.0 Å².